The molecule has 1 atom stereocenters. The number of hydrogen-bond donors (Lipinski definition) is 1. The van der Waals surface area contributed by atoms with Crippen LogP contribution in [0.3, 0.4) is 0 Å². The molecule has 0 heterocycles. The number of hydrogen-bond acceptors (Lipinski definition) is 1. The summed E-state index contributed by atoms with van der Waals surface area (Å²) in [6, 6.07) is 6.21. The van der Waals surface area contributed by atoms with Gasteiger partial charge in [0, 0.05) is 16.9 Å². The first kappa shape index (κ1) is 14.6. The molecule has 0 saturated heterocycles. The van der Waals surface area contributed by atoms with Crippen LogP contribution in [-0.4, -0.2) is 6.54 Å². The van der Waals surface area contributed by atoms with Crippen molar-refractivity contribution in [2.24, 2.45) is 0 Å². The second-order valence-corrected chi connectivity index (χ2v) is 5.01. The van der Waals surface area contributed by atoms with E-state index in [1.807, 2.05) is 19.1 Å². The molecule has 0 aliphatic rings. The molecule has 0 aromatic heterocycles. The van der Waals surface area contributed by atoms with Crippen molar-refractivity contribution in [2.75, 3.05) is 6.54 Å². The molecule has 0 aliphatic carbocycles. The maximum absolute atomic E-state index is 6.31. The number of benzene rings is 1. The first-order valence-corrected chi connectivity index (χ1v) is 6.94. The Bertz CT molecular complexity index is 420. The van der Waals surface area contributed by atoms with Crippen LogP contribution in [0.15, 0.2) is 22.7 Å². The minimum Gasteiger partial charge on any atom is -0.309 e. The van der Waals surface area contributed by atoms with E-state index in [1.165, 1.54) is 0 Å². The van der Waals surface area contributed by atoms with Gasteiger partial charge in [-0.3, -0.25) is 0 Å². The van der Waals surface area contributed by atoms with Crippen molar-refractivity contribution in [3.63, 3.8) is 0 Å². The van der Waals surface area contributed by atoms with Gasteiger partial charge in [0.15, 0.2) is 0 Å². The lowest BCUT2D eigenvalue weighted by Gasteiger charge is -2.18. The van der Waals surface area contributed by atoms with Crippen molar-refractivity contribution in [2.45, 2.75) is 32.7 Å². The second-order valence-electron chi connectivity index (χ2n) is 3.78. The molecule has 1 unspecified atom stereocenters. The van der Waals surface area contributed by atoms with Gasteiger partial charge in [0.1, 0.15) is 0 Å². The van der Waals surface area contributed by atoms with Crippen molar-refractivity contribution in [1.82, 2.24) is 5.32 Å². The Morgan fingerprint density at radius 3 is 2.88 bits per heavy atom. The maximum atomic E-state index is 6.31. The Labute approximate surface area is 117 Å². The van der Waals surface area contributed by atoms with Gasteiger partial charge in [-0.1, -0.05) is 30.7 Å². The quantitative estimate of drug-likeness (QED) is 0.786. The number of halogens is 2. The van der Waals surface area contributed by atoms with Gasteiger partial charge >= 0.3 is 0 Å². The lowest BCUT2D eigenvalue weighted by Crippen LogP contribution is -2.22. The minimum atomic E-state index is 0.201. The van der Waals surface area contributed by atoms with Crippen molar-refractivity contribution in [3.8, 4) is 11.8 Å². The van der Waals surface area contributed by atoms with E-state index in [0.29, 0.717) is 0 Å². The molecule has 1 N–H and O–H groups in total. The predicted molar refractivity (Wildman–Crippen MR) is 78.3 cm³/mol. The molecule has 92 valence electrons. The van der Waals surface area contributed by atoms with Gasteiger partial charge in [0.05, 0.1) is 5.02 Å². The summed E-state index contributed by atoms with van der Waals surface area (Å²) in [4.78, 5) is 0. The lowest BCUT2D eigenvalue weighted by atomic mass is 10.0. The van der Waals surface area contributed by atoms with Gasteiger partial charge in [0.25, 0.3) is 0 Å². The predicted octanol–water partition coefficient (Wildman–Crippen LogP) is 4.56. The lowest BCUT2D eigenvalue weighted by molar-refractivity contribution is 0.542. The van der Waals surface area contributed by atoms with Crippen LogP contribution < -0.4 is 5.32 Å². The molecule has 0 radical (unpaired) electrons. The van der Waals surface area contributed by atoms with Crippen molar-refractivity contribution < 1.29 is 0 Å². The molecular weight excluding hydrogens is 298 g/mol. The van der Waals surface area contributed by atoms with Gasteiger partial charge in [-0.15, -0.1) is 11.8 Å². The highest BCUT2D eigenvalue weighted by molar-refractivity contribution is 9.10. The van der Waals surface area contributed by atoms with Crippen LogP contribution in [0.5, 0.6) is 0 Å². The molecule has 17 heavy (non-hydrogen) atoms. The fourth-order valence-corrected chi connectivity index (χ4v) is 2.24. The number of nitrogens with one attached hydrogen (secondary N) is 1. The van der Waals surface area contributed by atoms with Crippen LogP contribution in [0.4, 0.5) is 0 Å². The molecule has 3 heteroatoms. The van der Waals surface area contributed by atoms with Crippen LogP contribution in [0.25, 0.3) is 0 Å². The van der Waals surface area contributed by atoms with Gasteiger partial charge in [0.2, 0.25) is 0 Å². The summed E-state index contributed by atoms with van der Waals surface area (Å²) >= 11 is 9.77. The summed E-state index contributed by atoms with van der Waals surface area (Å²) in [5.74, 6) is 6.05. The Morgan fingerprint density at radius 2 is 2.24 bits per heavy atom. The fraction of sp³-hybridized carbons (Fsp3) is 0.429. The third-order valence-corrected chi connectivity index (χ3v) is 3.79. The van der Waals surface area contributed by atoms with Crippen LogP contribution in [-0.2, 0) is 0 Å². The van der Waals surface area contributed by atoms with E-state index in [1.54, 1.807) is 0 Å². The standard InChI is InChI=1S/C14H17BrClN/c1-3-5-9-13(17-10-4-2)11-7-6-8-12(15)14(11)16/h6-8,13,17H,4,9-10H2,1-2H3. The maximum Gasteiger partial charge on any atom is 0.0596 e. The third kappa shape index (κ3) is 4.35. The highest BCUT2D eigenvalue weighted by atomic mass is 79.9. The van der Waals surface area contributed by atoms with Crippen LogP contribution in [0, 0.1) is 11.8 Å². The highest BCUT2D eigenvalue weighted by Gasteiger charge is 2.14. The van der Waals surface area contributed by atoms with Gasteiger partial charge in [-0.2, -0.15) is 0 Å². The summed E-state index contributed by atoms with van der Waals surface area (Å²) in [7, 11) is 0. The molecule has 0 bridgehead atoms. The Balaban J connectivity index is 2.93. The summed E-state index contributed by atoms with van der Waals surface area (Å²) in [6.07, 6.45) is 1.88. The number of rotatable bonds is 5. The normalized spacial score (nSPS) is 11.8. The summed E-state index contributed by atoms with van der Waals surface area (Å²) < 4.78 is 0.935. The van der Waals surface area contributed by atoms with E-state index in [2.05, 4.69) is 46.1 Å². The van der Waals surface area contributed by atoms with Gasteiger partial charge in [-0.25, -0.2) is 0 Å². The monoisotopic (exact) mass is 313 g/mol. The zero-order valence-electron chi connectivity index (χ0n) is 10.2. The van der Waals surface area contributed by atoms with Gasteiger partial charge in [-0.05, 0) is 47.4 Å². The largest absolute Gasteiger partial charge is 0.309 e. The zero-order chi connectivity index (χ0) is 12.7. The summed E-state index contributed by atoms with van der Waals surface area (Å²) in [5.41, 5.74) is 1.11. The minimum absolute atomic E-state index is 0.201. The van der Waals surface area contributed by atoms with Crippen LogP contribution >= 0.6 is 27.5 Å². The molecule has 0 spiro atoms. The average Bonchev–Trinajstić information content (AvgIpc) is 2.34. The van der Waals surface area contributed by atoms with Crippen molar-refractivity contribution in [3.05, 3.63) is 33.3 Å². The van der Waals surface area contributed by atoms with E-state index in [-0.39, 0.29) is 6.04 Å². The highest BCUT2D eigenvalue weighted by Crippen LogP contribution is 2.31. The third-order valence-electron chi connectivity index (χ3n) is 2.48. The fourth-order valence-electron chi connectivity index (χ4n) is 1.60. The van der Waals surface area contributed by atoms with Crippen molar-refractivity contribution in [1.29, 1.82) is 0 Å². The molecule has 1 rings (SSSR count). The molecule has 1 aromatic rings. The SMILES string of the molecule is CC#CCC(NCCC)c1cccc(Br)c1Cl. The van der Waals surface area contributed by atoms with E-state index in [9.17, 15) is 0 Å². The Kier molecular flexibility index (Phi) is 6.65. The van der Waals surface area contributed by atoms with E-state index < -0.39 is 0 Å². The first-order valence-electron chi connectivity index (χ1n) is 5.77. The molecule has 0 amide bonds. The summed E-state index contributed by atoms with van der Waals surface area (Å²) in [5, 5.41) is 4.26. The van der Waals surface area contributed by atoms with Gasteiger partial charge < -0.3 is 5.32 Å². The summed E-state index contributed by atoms with van der Waals surface area (Å²) in [6.45, 7) is 4.98. The first-order chi connectivity index (χ1) is 8.20. The Hall–Kier alpha value is -0.490. The van der Waals surface area contributed by atoms with Crippen LogP contribution in [0.1, 0.15) is 38.3 Å². The molecule has 1 nitrogen and oxygen atoms in total. The molecule has 0 fully saturated rings. The van der Waals surface area contributed by atoms with E-state index >= 15 is 0 Å². The molecule has 0 aliphatic heterocycles. The zero-order valence-corrected chi connectivity index (χ0v) is 12.5. The van der Waals surface area contributed by atoms with Crippen molar-refractivity contribution >= 4 is 27.5 Å². The smallest absolute Gasteiger partial charge is 0.0596 e. The Morgan fingerprint density at radius 1 is 1.47 bits per heavy atom. The van der Waals surface area contributed by atoms with Crippen LogP contribution in [0.2, 0.25) is 5.02 Å². The topological polar surface area (TPSA) is 12.0 Å². The molecular formula is C14H17BrClN. The van der Waals surface area contributed by atoms with E-state index in [4.69, 9.17) is 11.6 Å². The van der Waals surface area contributed by atoms with E-state index in [0.717, 1.165) is 34.4 Å². The average molecular weight is 315 g/mol. The molecule has 0 saturated carbocycles. The second kappa shape index (κ2) is 7.76. The molecule has 1 aromatic carbocycles.